The van der Waals surface area contributed by atoms with Gasteiger partial charge in [0.1, 0.15) is 18.0 Å². The van der Waals surface area contributed by atoms with Gasteiger partial charge in [-0.15, -0.1) is 0 Å². The van der Waals surface area contributed by atoms with Gasteiger partial charge in [0.2, 0.25) is 0 Å². The molecule has 10 nitrogen and oxygen atoms in total. The van der Waals surface area contributed by atoms with Crippen molar-refractivity contribution in [3.63, 3.8) is 0 Å². The predicted molar refractivity (Wildman–Crippen MR) is 108 cm³/mol. The first kappa shape index (κ1) is 20.1. The van der Waals surface area contributed by atoms with E-state index in [-0.39, 0.29) is 18.1 Å². The number of hydrogen-bond donors (Lipinski definition) is 4. The van der Waals surface area contributed by atoms with E-state index in [0.29, 0.717) is 42.5 Å². The third-order valence-electron chi connectivity index (χ3n) is 5.11. The monoisotopic (exact) mass is 414 g/mol. The summed E-state index contributed by atoms with van der Waals surface area (Å²) in [5, 5.41) is 16.0. The van der Waals surface area contributed by atoms with Crippen molar-refractivity contribution in [1.29, 1.82) is 0 Å². The Morgan fingerprint density at radius 2 is 2.20 bits per heavy atom. The molecule has 0 spiro atoms. The van der Waals surface area contributed by atoms with E-state index in [4.69, 9.17) is 9.47 Å². The average Bonchev–Trinajstić information content (AvgIpc) is 3.39. The number of anilines is 2. The quantitative estimate of drug-likeness (QED) is 0.571. The topological polar surface area (TPSA) is 130 Å². The molecule has 160 valence electrons. The van der Waals surface area contributed by atoms with Crippen LogP contribution in [0.25, 0.3) is 0 Å². The zero-order valence-electron chi connectivity index (χ0n) is 17.2. The lowest BCUT2D eigenvalue weighted by Crippen LogP contribution is -2.33. The van der Waals surface area contributed by atoms with Gasteiger partial charge in [-0.2, -0.15) is 5.10 Å². The molecule has 2 unspecified atom stereocenters. The van der Waals surface area contributed by atoms with Crippen LogP contribution >= 0.6 is 0 Å². The molecule has 2 aliphatic heterocycles. The van der Waals surface area contributed by atoms with Crippen LogP contribution in [0.1, 0.15) is 61.5 Å². The second-order valence-electron chi connectivity index (χ2n) is 8.02. The number of ether oxygens (including phenoxy) is 2. The number of carbonyl (C=O) groups is 2. The number of aromatic amines is 1. The lowest BCUT2D eigenvalue weighted by Gasteiger charge is -2.18. The number of carbonyl (C=O) groups excluding carboxylic acids is 2. The zero-order chi connectivity index (χ0) is 21.3. The maximum Gasteiger partial charge on any atom is 0.407 e. The number of nitrogens with one attached hydrogen (secondary N) is 4. The number of hydrogen-bond acceptors (Lipinski definition) is 7. The van der Waals surface area contributed by atoms with E-state index < -0.39 is 11.6 Å². The van der Waals surface area contributed by atoms with E-state index in [0.717, 1.165) is 12.1 Å². The number of amides is 2. The summed E-state index contributed by atoms with van der Waals surface area (Å²) in [4.78, 5) is 28.3. The summed E-state index contributed by atoms with van der Waals surface area (Å²) in [5.41, 5.74) is 1.56. The van der Waals surface area contributed by atoms with Crippen LogP contribution in [0.3, 0.4) is 0 Å². The summed E-state index contributed by atoms with van der Waals surface area (Å²) in [5.74, 6) is 1.06. The second kappa shape index (κ2) is 7.94. The molecular weight excluding hydrogens is 388 g/mol. The van der Waals surface area contributed by atoms with Gasteiger partial charge in [-0.25, -0.2) is 9.78 Å². The maximum absolute atomic E-state index is 12.0. The minimum atomic E-state index is -0.517. The molecule has 30 heavy (non-hydrogen) atoms. The Kier molecular flexibility index (Phi) is 5.33. The summed E-state index contributed by atoms with van der Waals surface area (Å²) in [6, 6.07) is 5.35. The van der Waals surface area contributed by atoms with Crippen LogP contribution in [0.2, 0.25) is 0 Å². The van der Waals surface area contributed by atoms with Gasteiger partial charge in [-0.05, 0) is 32.4 Å². The molecule has 0 aromatic carbocycles. The normalized spacial score (nSPS) is 21.8. The van der Waals surface area contributed by atoms with E-state index >= 15 is 0 Å². The van der Waals surface area contributed by atoms with Crippen molar-refractivity contribution in [2.24, 2.45) is 0 Å². The molecule has 4 N–H and O–H groups in total. The molecule has 2 aromatic heterocycles. The number of nitrogens with zero attached hydrogens (tertiary/aromatic N) is 2. The van der Waals surface area contributed by atoms with Crippen LogP contribution in [-0.4, -0.2) is 46.4 Å². The molecule has 4 heterocycles. The molecule has 10 heteroatoms. The summed E-state index contributed by atoms with van der Waals surface area (Å²) in [6.07, 6.45) is 0.464. The van der Waals surface area contributed by atoms with Crippen molar-refractivity contribution in [1.82, 2.24) is 25.8 Å². The molecule has 2 aromatic rings. The number of pyridine rings is 1. The highest BCUT2D eigenvalue weighted by atomic mass is 16.6. The Morgan fingerprint density at radius 1 is 1.37 bits per heavy atom. The number of alkyl carbamates (subject to hydrolysis) is 1. The predicted octanol–water partition coefficient (Wildman–Crippen LogP) is 2.49. The van der Waals surface area contributed by atoms with Crippen LogP contribution < -0.4 is 16.0 Å². The van der Waals surface area contributed by atoms with Gasteiger partial charge in [-0.1, -0.05) is 6.92 Å². The van der Waals surface area contributed by atoms with Gasteiger partial charge >= 0.3 is 6.09 Å². The molecule has 2 aliphatic rings. The van der Waals surface area contributed by atoms with Crippen molar-refractivity contribution in [2.75, 3.05) is 18.5 Å². The fourth-order valence-corrected chi connectivity index (χ4v) is 3.61. The molecular formula is C20H26N6O4. The minimum absolute atomic E-state index is 0.116. The Hall–Kier alpha value is -3.14. The Morgan fingerprint density at radius 3 is 3.00 bits per heavy atom. The summed E-state index contributed by atoms with van der Waals surface area (Å²) in [6.45, 7) is 6.74. The standard InChI is InChI=1S/C20H26N6O4/c1-4-7-21-19(28)30-11-8-14(29-10-11)13-9-16(26-25-13)22-15-6-5-12-17(23-15)20(2,3)24-18(12)27/h5-6,9,11,14H,4,7-8,10H2,1-3H3,(H,21,28)(H,24,27)(H2,22,23,25,26). The molecule has 2 atom stereocenters. The third-order valence-corrected chi connectivity index (χ3v) is 5.11. The fourth-order valence-electron chi connectivity index (χ4n) is 3.61. The first-order valence-corrected chi connectivity index (χ1v) is 10.1. The summed E-state index contributed by atoms with van der Waals surface area (Å²) in [7, 11) is 0. The number of H-pyrrole nitrogens is 1. The Balaban J connectivity index is 1.38. The van der Waals surface area contributed by atoms with Gasteiger partial charge < -0.3 is 25.4 Å². The molecule has 0 saturated carbocycles. The molecule has 4 rings (SSSR count). The van der Waals surface area contributed by atoms with E-state index in [9.17, 15) is 9.59 Å². The lowest BCUT2D eigenvalue weighted by atomic mass is 10.0. The van der Waals surface area contributed by atoms with Gasteiger partial charge in [0.05, 0.1) is 29.1 Å². The van der Waals surface area contributed by atoms with Crippen LogP contribution in [0, 0.1) is 0 Å². The van der Waals surface area contributed by atoms with E-state index in [1.54, 1.807) is 12.1 Å². The number of aromatic nitrogens is 3. The largest absolute Gasteiger partial charge is 0.444 e. The lowest BCUT2D eigenvalue weighted by molar-refractivity contribution is 0.0691. The number of fused-ring (bicyclic) bond motifs is 1. The molecule has 1 fully saturated rings. The van der Waals surface area contributed by atoms with Gasteiger partial charge in [0.25, 0.3) is 5.91 Å². The van der Waals surface area contributed by atoms with Crippen LogP contribution in [0.4, 0.5) is 16.4 Å². The van der Waals surface area contributed by atoms with Gasteiger partial charge in [0, 0.05) is 19.0 Å². The highest BCUT2D eigenvalue weighted by Gasteiger charge is 2.37. The zero-order valence-corrected chi connectivity index (χ0v) is 17.2. The van der Waals surface area contributed by atoms with E-state index in [2.05, 4.69) is 31.1 Å². The molecule has 0 aliphatic carbocycles. The minimum Gasteiger partial charge on any atom is -0.444 e. The van der Waals surface area contributed by atoms with E-state index in [1.165, 1.54) is 0 Å². The van der Waals surface area contributed by atoms with E-state index in [1.807, 2.05) is 26.8 Å². The fraction of sp³-hybridized carbons (Fsp3) is 0.500. The first-order valence-electron chi connectivity index (χ1n) is 10.1. The molecule has 2 amide bonds. The highest BCUT2D eigenvalue weighted by Crippen LogP contribution is 2.32. The average molecular weight is 414 g/mol. The van der Waals surface area contributed by atoms with Crippen molar-refractivity contribution in [3.8, 4) is 0 Å². The van der Waals surface area contributed by atoms with Gasteiger partial charge in [0.15, 0.2) is 5.82 Å². The van der Waals surface area contributed by atoms with Crippen molar-refractivity contribution < 1.29 is 19.1 Å². The maximum atomic E-state index is 12.0. The Bertz CT molecular complexity index is 957. The Labute approximate surface area is 174 Å². The van der Waals surface area contributed by atoms with Crippen molar-refractivity contribution in [3.05, 3.63) is 35.2 Å². The van der Waals surface area contributed by atoms with Crippen LogP contribution in [0.5, 0.6) is 0 Å². The summed E-state index contributed by atoms with van der Waals surface area (Å²) < 4.78 is 11.1. The summed E-state index contributed by atoms with van der Waals surface area (Å²) >= 11 is 0. The van der Waals surface area contributed by atoms with Crippen LogP contribution in [-0.2, 0) is 15.0 Å². The number of rotatable bonds is 6. The van der Waals surface area contributed by atoms with Crippen molar-refractivity contribution >= 4 is 23.6 Å². The third kappa shape index (κ3) is 4.09. The SMILES string of the molecule is CCCNC(=O)OC1COC(c2cc(Nc3ccc4c(n3)C(C)(C)NC4=O)n[nH]2)C1. The second-order valence-corrected chi connectivity index (χ2v) is 8.02. The molecule has 0 bridgehead atoms. The smallest absolute Gasteiger partial charge is 0.407 e. The van der Waals surface area contributed by atoms with Crippen LogP contribution in [0.15, 0.2) is 18.2 Å². The van der Waals surface area contributed by atoms with Gasteiger partial charge in [-0.3, -0.25) is 9.89 Å². The molecule has 0 radical (unpaired) electrons. The first-order chi connectivity index (χ1) is 14.4. The highest BCUT2D eigenvalue weighted by molar-refractivity contribution is 5.99. The van der Waals surface area contributed by atoms with Crippen molar-refractivity contribution in [2.45, 2.75) is 51.4 Å². The molecule has 1 saturated heterocycles.